The fourth-order valence-corrected chi connectivity index (χ4v) is 3.67. The third-order valence-electron chi connectivity index (χ3n) is 3.30. The quantitative estimate of drug-likeness (QED) is 0.462. The third-order valence-corrected chi connectivity index (χ3v) is 4.58. The Morgan fingerprint density at radius 3 is 2.06 bits per heavy atom. The topological polar surface area (TPSA) is 0 Å². The van der Waals surface area contributed by atoms with Gasteiger partial charge in [0.25, 0.3) is 0 Å². The van der Waals surface area contributed by atoms with Crippen LogP contribution in [-0.4, -0.2) is 0 Å². The molecule has 2 atom stereocenters. The lowest BCUT2D eigenvalue weighted by molar-refractivity contribution is 0.373. The van der Waals surface area contributed by atoms with E-state index >= 15 is 0 Å². The van der Waals surface area contributed by atoms with Crippen molar-refractivity contribution in [1.82, 2.24) is 0 Å². The molecule has 3 aliphatic rings. The highest BCUT2D eigenvalue weighted by Gasteiger charge is 2.69. The Bertz CT molecular complexity index is 596. The first-order valence-electron chi connectivity index (χ1n) is 5.29. The molecule has 0 amide bonds. The van der Waals surface area contributed by atoms with Crippen molar-refractivity contribution in [2.45, 2.75) is 11.8 Å². The Morgan fingerprint density at radius 1 is 0.833 bits per heavy atom. The smallest absolute Gasteiger partial charge is 0.0939 e. The predicted octanol–water partition coefficient (Wildman–Crippen LogP) is 5.62. The molecule has 4 rings (SSSR count). The Labute approximate surface area is 101 Å². The number of benzene rings is 1. The van der Waals surface area contributed by atoms with Crippen LogP contribution in [0.3, 0.4) is 0 Å². The molecule has 18 heavy (non-hydrogen) atoms. The van der Waals surface area contributed by atoms with Gasteiger partial charge in [0, 0.05) is 11.8 Å². The van der Waals surface area contributed by atoms with Gasteiger partial charge in [-0.1, -0.05) is 61.9 Å². The van der Waals surface area contributed by atoms with Crippen molar-refractivity contribution in [3.05, 3.63) is 58.5 Å². The first-order valence-corrected chi connectivity index (χ1v) is 7.24. The van der Waals surface area contributed by atoms with E-state index in [0.29, 0.717) is 17.2 Å². The van der Waals surface area contributed by atoms with Crippen molar-refractivity contribution >= 4 is 10.2 Å². The van der Waals surface area contributed by atoms with E-state index < -0.39 is 27.0 Å². The molecule has 0 spiro atoms. The Kier molecular flexibility index (Phi) is 1.74. The molecule has 0 fully saturated rings. The zero-order valence-corrected chi connectivity index (χ0v) is 9.81. The minimum Gasteiger partial charge on any atom is -0.0939 e. The van der Waals surface area contributed by atoms with Crippen LogP contribution < -0.4 is 0 Å². The van der Waals surface area contributed by atoms with Gasteiger partial charge in [0.15, 0.2) is 0 Å². The molecule has 0 nitrogen and oxygen atoms in total. The molecular formula is C12H9F5S. The van der Waals surface area contributed by atoms with Gasteiger partial charge in [-0.25, -0.2) is 0 Å². The average Bonchev–Trinajstić information content (AvgIpc) is 2.27. The van der Waals surface area contributed by atoms with Crippen LogP contribution in [0.4, 0.5) is 19.4 Å². The molecule has 3 aliphatic carbocycles. The fraction of sp³-hybridized carbons (Fsp3) is 0.167. The zero-order chi connectivity index (χ0) is 13.2. The van der Waals surface area contributed by atoms with E-state index in [2.05, 4.69) is 0 Å². The van der Waals surface area contributed by atoms with Gasteiger partial charge in [0.2, 0.25) is 0 Å². The first-order chi connectivity index (χ1) is 8.06. The van der Waals surface area contributed by atoms with Gasteiger partial charge < -0.3 is 0 Å². The van der Waals surface area contributed by atoms with Crippen molar-refractivity contribution in [1.29, 1.82) is 0 Å². The molecule has 0 radical (unpaired) electrons. The lowest BCUT2D eigenvalue weighted by atomic mass is 9.76. The SMILES string of the molecule is FS(F)(F)(F)(F)C1=CC2C=CC1c1ccccc12. The Morgan fingerprint density at radius 2 is 1.44 bits per heavy atom. The molecule has 0 heterocycles. The highest BCUT2D eigenvalue weighted by Crippen LogP contribution is 3.03. The second kappa shape index (κ2) is 2.66. The van der Waals surface area contributed by atoms with E-state index in [-0.39, 0.29) is 0 Å². The predicted molar refractivity (Wildman–Crippen MR) is 62.3 cm³/mol. The van der Waals surface area contributed by atoms with Gasteiger partial charge in [-0.3, -0.25) is 0 Å². The minimum absolute atomic E-state index is 0.329. The summed E-state index contributed by atoms with van der Waals surface area (Å²) in [5.74, 6) is -2.08. The zero-order valence-electron chi connectivity index (χ0n) is 8.99. The van der Waals surface area contributed by atoms with E-state index in [1.54, 1.807) is 24.3 Å². The second-order valence-corrected chi connectivity index (χ2v) is 6.96. The van der Waals surface area contributed by atoms with E-state index in [1.807, 2.05) is 0 Å². The molecular weight excluding hydrogens is 271 g/mol. The van der Waals surface area contributed by atoms with Gasteiger partial charge in [0.1, 0.15) is 0 Å². The molecule has 0 aromatic heterocycles. The molecule has 1 aromatic rings. The lowest BCUT2D eigenvalue weighted by Crippen LogP contribution is -2.23. The van der Waals surface area contributed by atoms with Crippen molar-refractivity contribution in [3.8, 4) is 0 Å². The summed E-state index contributed by atoms with van der Waals surface area (Å²) < 4.78 is 64.8. The molecule has 1 aromatic carbocycles. The summed E-state index contributed by atoms with van der Waals surface area (Å²) in [4.78, 5) is -1.67. The standard InChI is InChI=1S/C12H9F5S/c13-18(14,15,16,17)12-7-8-5-6-11(12)10-4-2-1-3-9(8)10/h1-8,11H. The largest absolute Gasteiger partial charge is 0.307 e. The summed E-state index contributed by atoms with van der Waals surface area (Å²) in [5.41, 5.74) is 1.01. The Balaban J connectivity index is 2.22. The first kappa shape index (κ1) is 11.8. The van der Waals surface area contributed by atoms with Crippen molar-refractivity contribution < 1.29 is 19.4 Å². The molecule has 2 unspecified atom stereocenters. The van der Waals surface area contributed by atoms with E-state index in [4.69, 9.17) is 0 Å². The lowest BCUT2D eigenvalue weighted by Gasteiger charge is -2.48. The van der Waals surface area contributed by atoms with Crippen molar-refractivity contribution in [3.63, 3.8) is 0 Å². The summed E-state index contributed by atoms with van der Waals surface area (Å²) in [6, 6.07) is 6.42. The molecule has 0 saturated carbocycles. The molecule has 0 aliphatic heterocycles. The van der Waals surface area contributed by atoms with Crippen LogP contribution in [0.1, 0.15) is 23.0 Å². The average molecular weight is 280 g/mol. The summed E-state index contributed by atoms with van der Waals surface area (Å²) in [6.45, 7) is 0. The van der Waals surface area contributed by atoms with Gasteiger partial charge >= 0.3 is 10.2 Å². The maximum Gasteiger partial charge on any atom is 0.307 e. The van der Waals surface area contributed by atoms with E-state index in [1.165, 1.54) is 12.1 Å². The highest BCUT2D eigenvalue weighted by molar-refractivity contribution is 8.48. The highest BCUT2D eigenvalue weighted by atomic mass is 32.5. The number of rotatable bonds is 1. The maximum atomic E-state index is 13.0. The van der Waals surface area contributed by atoms with Crippen LogP contribution in [0.25, 0.3) is 0 Å². The normalized spacial score (nSPS) is 29.3. The molecule has 0 N–H and O–H groups in total. The maximum absolute atomic E-state index is 13.0. The number of hydrogen-bond donors (Lipinski definition) is 0. The van der Waals surface area contributed by atoms with E-state index in [9.17, 15) is 19.4 Å². The Hall–Kier alpha value is -1.30. The molecule has 0 saturated heterocycles. The monoisotopic (exact) mass is 280 g/mol. The van der Waals surface area contributed by atoms with Gasteiger partial charge in [-0.15, -0.1) is 0 Å². The van der Waals surface area contributed by atoms with Gasteiger partial charge in [-0.05, 0) is 11.1 Å². The molecule has 6 heteroatoms. The third kappa shape index (κ3) is 1.67. The van der Waals surface area contributed by atoms with Gasteiger partial charge in [0.05, 0.1) is 4.91 Å². The summed E-state index contributed by atoms with van der Waals surface area (Å²) >= 11 is 0. The van der Waals surface area contributed by atoms with Crippen LogP contribution >= 0.6 is 10.2 Å². The van der Waals surface area contributed by atoms with E-state index in [0.717, 1.165) is 0 Å². The van der Waals surface area contributed by atoms with Gasteiger partial charge in [-0.2, -0.15) is 0 Å². The number of hydrogen-bond acceptors (Lipinski definition) is 0. The number of allylic oxidation sites excluding steroid dienone is 4. The molecule has 98 valence electrons. The van der Waals surface area contributed by atoms with Crippen molar-refractivity contribution in [2.75, 3.05) is 0 Å². The van der Waals surface area contributed by atoms with Crippen LogP contribution in [0.15, 0.2) is 47.4 Å². The second-order valence-electron chi connectivity index (χ2n) is 4.56. The van der Waals surface area contributed by atoms with Crippen LogP contribution in [0, 0.1) is 0 Å². The van der Waals surface area contributed by atoms with Crippen molar-refractivity contribution in [2.24, 2.45) is 0 Å². The summed E-state index contributed by atoms with van der Waals surface area (Å²) in [5, 5.41) is 0. The summed E-state index contributed by atoms with van der Waals surface area (Å²) in [6.07, 6.45) is 3.43. The fourth-order valence-electron chi connectivity index (χ4n) is 2.58. The van der Waals surface area contributed by atoms with Crippen LogP contribution in [0.2, 0.25) is 0 Å². The molecule has 2 bridgehead atoms. The van der Waals surface area contributed by atoms with Crippen LogP contribution in [0.5, 0.6) is 0 Å². The summed E-state index contributed by atoms with van der Waals surface area (Å²) in [7, 11) is -9.58. The minimum atomic E-state index is -9.58. The van der Waals surface area contributed by atoms with Crippen LogP contribution in [-0.2, 0) is 0 Å². The number of halogens is 5.